The van der Waals surface area contributed by atoms with Crippen molar-refractivity contribution in [3.05, 3.63) is 35.4 Å². The Kier molecular flexibility index (Phi) is 5.97. The smallest absolute Gasteiger partial charge is 0.262 e. The van der Waals surface area contributed by atoms with Crippen LogP contribution >= 0.6 is 23.4 Å². The lowest BCUT2D eigenvalue weighted by atomic mass is 10.3. The first-order valence-electron chi connectivity index (χ1n) is 8.28. The van der Waals surface area contributed by atoms with Crippen LogP contribution in [0, 0.1) is 0 Å². The fourth-order valence-corrected chi connectivity index (χ4v) is 5.12. The van der Waals surface area contributed by atoms with Crippen molar-refractivity contribution in [3.8, 4) is 11.5 Å². The minimum atomic E-state index is -3.95. The monoisotopic (exact) mass is 442 g/mol. The number of methoxy groups -OCH3 is 2. The van der Waals surface area contributed by atoms with Crippen molar-refractivity contribution in [1.29, 1.82) is 0 Å². The Morgan fingerprint density at radius 2 is 1.89 bits per heavy atom. The van der Waals surface area contributed by atoms with Crippen molar-refractivity contribution in [1.82, 2.24) is 0 Å². The average Bonchev–Trinajstić information content (AvgIpc) is 2.77. The van der Waals surface area contributed by atoms with Crippen molar-refractivity contribution in [2.75, 3.05) is 24.3 Å². The summed E-state index contributed by atoms with van der Waals surface area (Å²) >= 11 is 7.63. The number of ether oxygens (including phenoxy) is 2. The number of sulfonamides is 1. The first-order valence-corrected chi connectivity index (χ1v) is 11.0. The summed E-state index contributed by atoms with van der Waals surface area (Å²) in [5, 5.41) is 3.10. The molecule has 0 aromatic heterocycles. The fourth-order valence-electron chi connectivity index (χ4n) is 2.74. The molecule has 0 saturated carbocycles. The number of nitrogens with one attached hydrogen (secondary N) is 2. The highest BCUT2D eigenvalue weighted by molar-refractivity contribution is 8.00. The van der Waals surface area contributed by atoms with E-state index in [1.165, 1.54) is 50.2 Å². The van der Waals surface area contributed by atoms with E-state index in [9.17, 15) is 13.2 Å². The van der Waals surface area contributed by atoms with Gasteiger partial charge in [-0.1, -0.05) is 18.5 Å². The van der Waals surface area contributed by atoms with Gasteiger partial charge >= 0.3 is 0 Å². The van der Waals surface area contributed by atoms with Crippen LogP contribution < -0.4 is 19.5 Å². The zero-order valence-corrected chi connectivity index (χ0v) is 17.8. The Morgan fingerprint density at radius 3 is 2.57 bits per heavy atom. The number of amides is 1. The van der Waals surface area contributed by atoms with Gasteiger partial charge in [-0.05, 0) is 24.3 Å². The van der Waals surface area contributed by atoms with Gasteiger partial charge in [-0.2, -0.15) is 0 Å². The van der Waals surface area contributed by atoms with Gasteiger partial charge in [0.05, 0.1) is 35.5 Å². The van der Waals surface area contributed by atoms with Crippen molar-refractivity contribution in [3.63, 3.8) is 0 Å². The van der Waals surface area contributed by atoms with Gasteiger partial charge in [-0.3, -0.25) is 9.52 Å². The van der Waals surface area contributed by atoms with Crippen molar-refractivity contribution in [2.24, 2.45) is 0 Å². The number of hydrogen-bond donors (Lipinski definition) is 2. The first-order chi connectivity index (χ1) is 13.2. The van der Waals surface area contributed by atoms with E-state index in [2.05, 4.69) is 10.0 Å². The molecule has 0 unspecified atom stereocenters. The summed E-state index contributed by atoms with van der Waals surface area (Å²) in [5.74, 6) is 0.475. The molecule has 0 saturated heterocycles. The molecule has 2 N–H and O–H groups in total. The fraction of sp³-hybridized carbons (Fsp3) is 0.278. The highest BCUT2D eigenvalue weighted by atomic mass is 35.5. The van der Waals surface area contributed by atoms with Crippen molar-refractivity contribution in [2.45, 2.75) is 28.4 Å². The molecule has 0 aliphatic carbocycles. The van der Waals surface area contributed by atoms with Crippen molar-refractivity contribution >= 4 is 50.7 Å². The molecule has 0 fully saturated rings. The van der Waals surface area contributed by atoms with Gasteiger partial charge in [0.2, 0.25) is 5.91 Å². The third-order valence-corrected chi connectivity index (χ3v) is 6.89. The molecule has 3 rings (SSSR count). The molecule has 0 bridgehead atoms. The van der Waals surface area contributed by atoms with E-state index in [1.807, 2.05) is 6.92 Å². The maximum atomic E-state index is 12.9. The van der Waals surface area contributed by atoms with Crippen LogP contribution in [0.4, 0.5) is 11.4 Å². The second-order valence-electron chi connectivity index (χ2n) is 6.13. The topological polar surface area (TPSA) is 93.7 Å². The Balaban J connectivity index is 1.96. The van der Waals surface area contributed by atoms with Gasteiger partial charge in [0.1, 0.15) is 11.5 Å². The van der Waals surface area contributed by atoms with E-state index in [4.69, 9.17) is 21.1 Å². The van der Waals surface area contributed by atoms with E-state index in [1.54, 1.807) is 6.07 Å². The lowest BCUT2D eigenvalue weighted by molar-refractivity contribution is -0.116. The molecule has 2 aromatic rings. The number of rotatable bonds is 5. The molecular weight excluding hydrogens is 424 g/mol. The van der Waals surface area contributed by atoms with Gasteiger partial charge < -0.3 is 14.8 Å². The van der Waals surface area contributed by atoms with E-state index in [0.29, 0.717) is 17.9 Å². The third-order valence-electron chi connectivity index (χ3n) is 4.05. The standard InChI is InChI=1S/C18H19ClN2O5S2/c1-10-6-18(22)20-14-7-11(4-5-17(14)27-10)28(23,24)21-13-8-12(19)15(25-2)9-16(13)26-3/h4-5,7-10,21H,6H2,1-3H3,(H,20,22)/t10-/m0/s1. The molecule has 1 aliphatic heterocycles. The van der Waals surface area contributed by atoms with Crippen LogP contribution in [0.5, 0.6) is 11.5 Å². The molecule has 1 aliphatic rings. The number of benzene rings is 2. The molecule has 7 nitrogen and oxygen atoms in total. The predicted octanol–water partition coefficient (Wildman–Crippen LogP) is 3.98. The Bertz CT molecular complexity index is 1030. The highest BCUT2D eigenvalue weighted by Crippen LogP contribution is 2.39. The molecule has 2 aromatic carbocycles. The van der Waals surface area contributed by atoms with Crippen LogP contribution in [0.1, 0.15) is 13.3 Å². The SMILES string of the molecule is COc1cc(OC)c(NS(=O)(=O)c2ccc3c(c2)NC(=O)C[C@H](C)S3)cc1Cl. The molecule has 0 radical (unpaired) electrons. The molecule has 150 valence electrons. The zero-order valence-electron chi connectivity index (χ0n) is 15.4. The van der Waals surface area contributed by atoms with Crippen LogP contribution in [0.2, 0.25) is 5.02 Å². The Labute approximate surface area is 172 Å². The van der Waals surface area contributed by atoms with Gasteiger partial charge in [-0.25, -0.2) is 8.42 Å². The second-order valence-corrected chi connectivity index (χ2v) is 9.70. The maximum absolute atomic E-state index is 12.9. The molecular formula is C18H19ClN2O5S2. The normalized spacial score (nSPS) is 16.6. The summed E-state index contributed by atoms with van der Waals surface area (Å²) in [6.07, 6.45) is 0.362. The summed E-state index contributed by atoms with van der Waals surface area (Å²) in [4.78, 5) is 12.8. The number of carbonyl (C=O) groups excluding carboxylic acids is 1. The van der Waals surface area contributed by atoms with Crippen molar-refractivity contribution < 1.29 is 22.7 Å². The first kappa shape index (κ1) is 20.6. The van der Waals surface area contributed by atoms with E-state index in [-0.39, 0.29) is 32.5 Å². The van der Waals surface area contributed by atoms with Crippen LogP contribution in [0.25, 0.3) is 0 Å². The minimum absolute atomic E-state index is 0.00990. The van der Waals surface area contributed by atoms with Crippen LogP contribution in [-0.2, 0) is 14.8 Å². The second kappa shape index (κ2) is 8.10. The van der Waals surface area contributed by atoms with Gasteiger partial charge in [0.25, 0.3) is 10.0 Å². The molecule has 10 heteroatoms. The van der Waals surface area contributed by atoms with Gasteiger partial charge in [0.15, 0.2) is 0 Å². The summed E-state index contributed by atoms with van der Waals surface area (Å²) < 4.78 is 38.6. The maximum Gasteiger partial charge on any atom is 0.262 e. The number of anilines is 2. The van der Waals surface area contributed by atoms with Gasteiger partial charge in [0, 0.05) is 22.6 Å². The molecule has 1 heterocycles. The summed E-state index contributed by atoms with van der Waals surface area (Å²) in [6.45, 7) is 1.95. The predicted molar refractivity (Wildman–Crippen MR) is 110 cm³/mol. The van der Waals surface area contributed by atoms with Crippen LogP contribution in [-0.4, -0.2) is 33.8 Å². The number of hydrogen-bond acceptors (Lipinski definition) is 6. The molecule has 0 spiro atoms. The highest BCUT2D eigenvalue weighted by Gasteiger charge is 2.23. The average molecular weight is 443 g/mol. The largest absolute Gasteiger partial charge is 0.495 e. The van der Waals surface area contributed by atoms with Crippen LogP contribution in [0.3, 0.4) is 0 Å². The quantitative estimate of drug-likeness (QED) is 0.727. The number of thioether (sulfide) groups is 1. The zero-order chi connectivity index (χ0) is 20.5. The van der Waals surface area contributed by atoms with E-state index in [0.717, 1.165) is 4.90 Å². The molecule has 1 atom stereocenters. The third kappa shape index (κ3) is 4.31. The number of halogens is 1. The van der Waals surface area contributed by atoms with E-state index < -0.39 is 10.0 Å². The van der Waals surface area contributed by atoms with Crippen LogP contribution in [0.15, 0.2) is 40.1 Å². The lowest BCUT2D eigenvalue weighted by Gasteiger charge is -2.15. The number of carbonyl (C=O) groups is 1. The molecule has 28 heavy (non-hydrogen) atoms. The lowest BCUT2D eigenvalue weighted by Crippen LogP contribution is -2.15. The van der Waals surface area contributed by atoms with E-state index >= 15 is 0 Å². The summed E-state index contributed by atoms with van der Waals surface area (Å²) in [5.41, 5.74) is 0.650. The van der Waals surface area contributed by atoms with Gasteiger partial charge in [-0.15, -0.1) is 11.8 Å². The minimum Gasteiger partial charge on any atom is -0.495 e. The molecule has 1 amide bonds. The summed E-state index contributed by atoms with van der Waals surface area (Å²) in [6, 6.07) is 7.54. The Hall–Kier alpha value is -2.10. The number of fused-ring (bicyclic) bond motifs is 1. The Morgan fingerprint density at radius 1 is 1.18 bits per heavy atom. The summed E-state index contributed by atoms with van der Waals surface area (Å²) in [7, 11) is -1.08.